The van der Waals surface area contributed by atoms with E-state index < -0.39 is 0 Å². The first-order valence-electron chi connectivity index (χ1n) is 4.06. The number of ether oxygens (including phenoxy) is 1. The summed E-state index contributed by atoms with van der Waals surface area (Å²) in [5.41, 5.74) is 1.41. The van der Waals surface area contributed by atoms with Gasteiger partial charge >= 0.3 is 0 Å². The predicted molar refractivity (Wildman–Crippen MR) is 47.9 cm³/mol. The summed E-state index contributed by atoms with van der Waals surface area (Å²) in [5.74, 6) is 0. The zero-order valence-corrected chi connectivity index (χ0v) is 8.16. The monoisotopic (exact) mass is 168 g/mol. The van der Waals surface area contributed by atoms with Gasteiger partial charge in [0.15, 0.2) is 0 Å². The highest BCUT2D eigenvalue weighted by molar-refractivity contribution is 5.14. The minimum Gasteiger partial charge on any atom is -0.362 e. The van der Waals surface area contributed by atoms with E-state index in [4.69, 9.17) is 4.74 Å². The molecule has 1 rings (SSSR count). The Morgan fingerprint density at radius 1 is 1.50 bits per heavy atom. The molecule has 0 bridgehead atoms. The van der Waals surface area contributed by atoms with Gasteiger partial charge in [-0.15, -0.1) is 0 Å². The van der Waals surface area contributed by atoms with Crippen LogP contribution in [0.25, 0.3) is 0 Å². The van der Waals surface area contributed by atoms with E-state index in [1.165, 1.54) is 5.56 Å². The minimum atomic E-state index is 0.173. The Bertz CT molecular complexity index is 247. The number of methoxy groups -OCH3 is 1. The lowest BCUT2D eigenvalue weighted by atomic mass is 9.90. The fraction of sp³-hybridized carbons (Fsp3) is 0.667. The van der Waals surface area contributed by atoms with Crippen LogP contribution in [0, 0.1) is 0 Å². The second-order valence-electron chi connectivity index (χ2n) is 3.94. The second kappa shape index (κ2) is 3.27. The molecule has 0 saturated heterocycles. The van der Waals surface area contributed by atoms with Gasteiger partial charge in [-0.25, -0.2) is 4.68 Å². The third-order valence-corrected chi connectivity index (χ3v) is 1.76. The van der Waals surface area contributed by atoms with Gasteiger partial charge in [0.25, 0.3) is 0 Å². The highest BCUT2D eigenvalue weighted by Crippen LogP contribution is 2.20. The van der Waals surface area contributed by atoms with E-state index in [2.05, 4.69) is 25.9 Å². The maximum absolute atomic E-state index is 4.95. The first-order chi connectivity index (χ1) is 5.54. The largest absolute Gasteiger partial charge is 0.362 e. The van der Waals surface area contributed by atoms with Gasteiger partial charge in [0.05, 0.1) is 6.20 Å². The topological polar surface area (TPSA) is 27.1 Å². The van der Waals surface area contributed by atoms with Crippen molar-refractivity contribution in [2.75, 3.05) is 7.11 Å². The standard InChI is InChI=1S/C9H16N2O/c1-9(2,3)8-5-10-11(6-8)7-12-4/h5-6H,7H2,1-4H3. The summed E-state index contributed by atoms with van der Waals surface area (Å²) in [6.07, 6.45) is 3.91. The third-order valence-electron chi connectivity index (χ3n) is 1.76. The van der Waals surface area contributed by atoms with Crippen LogP contribution in [0.3, 0.4) is 0 Å². The molecule has 0 aliphatic rings. The quantitative estimate of drug-likeness (QED) is 0.673. The van der Waals surface area contributed by atoms with Crippen molar-refractivity contribution in [1.29, 1.82) is 0 Å². The molecule has 0 atom stereocenters. The van der Waals surface area contributed by atoms with Crippen LogP contribution in [0.2, 0.25) is 0 Å². The van der Waals surface area contributed by atoms with Crippen molar-refractivity contribution in [1.82, 2.24) is 9.78 Å². The summed E-state index contributed by atoms with van der Waals surface area (Å²) in [5, 5.41) is 4.16. The maximum atomic E-state index is 4.95. The summed E-state index contributed by atoms with van der Waals surface area (Å²) in [6, 6.07) is 0. The van der Waals surface area contributed by atoms with Gasteiger partial charge in [-0.05, 0) is 11.0 Å². The summed E-state index contributed by atoms with van der Waals surface area (Å²) < 4.78 is 6.75. The molecule has 3 heteroatoms. The van der Waals surface area contributed by atoms with Crippen LogP contribution in [0.15, 0.2) is 12.4 Å². The molecule has 1 aromatic heterocycles. The van der Waals surface area contributed by atoms with Gasteiger partial charge in [-0.1, -0.05) is 20.8 Å². The molecule has 0 N–H and O–H groups in total. The lowest BCUT2D eigenvalue weighted by Gasteiger charge is -2.14. The van der Waals surface area contributed by atoms with Crippen molar-refractivity contribution in [3.05, 3.63) is 18.0 Å². The highest BCUT2D eigenvalue weighted by Gasteiger charge is 2.15. The summed E-state index contributed by atoms with van der Waals surface area (Å²) in [4.78, 5) is 0. The second-order valence-corrected chi connectivity index (χ2v) is 3.94. The Labute approximate surface area is 73.3 Å². The Kier molecular flexibility index (Phi) is 2.52. The van der Waals surface area contributed by atoms with Crippen molar-refractivity contribution in [2.45, 2.75) is 32.9 Å². The average molecular weight is 168 g/mol. The van der Waals surface area contributed by atoms with E-state index in [9.17, 15) is 0 Å². The van der Waals surface area contributed by atoms with E-state index in [0.29, 0.717) is 6.73 Å². The Morgan fingerprint density at radius 3 is 2.58 bits per heavy atom. The van der Waals surface area contributed by atoms with E-state index in [1.807, 2.05) is 12.4 Å². The Balaban J connectivity index is 2.77. The minimum absolute atomic E-state index is 0.173. The third kappa shape index (κ3) is 2.08. The van der Waals surface area contributed by atoms with Gasteiger partial charge in [-0.2, -0.15) is 5.10 Å². The zero-order valence-electron chi connectivity index (χ0n) is 8.16. The molecular weight excluding hydrogens is 152 g/mol. The fourth-order valence-corrected chi connectivity index (χ4v) is 0.954. The van der Waals surface area contributed by atoms with Crippen molar-refractivity contribution < 1.29 is 4.74 Å². The fourth-order valence-electron chi connectivity index (χ4n) is 0.954. The summed E-state index contributed by atoms with van der Waals surface area (Å²) >= 11 is 0. The molecular formula is C9H16N2O. The van der Waals surface area contributed by atoms with Crippen molar-refractivity contribution in [3.8, 4) is 0 Å². The molecule has 0 unspecified atom stereocenters. The van der Waals surface area contributed by atoms with Gasteiger partial charge in [0.2, 0.25) is 0 Å². The number of hydrogen-bond acceptors (Lipinski definition) is 2. The molecule has 1 heterocycles. The molecule has 0 fully saturated rings. The Hall–Kier alpha value is -0.830. The van der Waals surface area contributed by atoms with Crippen LogP contribution in [-0.4, -0.2) is 16.9 Å². The lowest BCUT2D eigenvalue weighted by molar-refractivity contribution is 0.120. The maximum Gasteiger partial charge on any atom is 0.138 e. The predicted octanol–water partition coefficient (Wildman–Crippen LogP) is 1.78. The number of hydrogen-bond donors (Lipinski definition) is 0. The van der Waals surface area contributed by atoms with Gasteiger partial charge < -0.3 is 4.74 Å². The van der Waals surface area contributed by atoms with Crippen LogP contribution < -0.4 is 0 Å². The molecule has 1 aromatic rings. The van der Waals surface area contributed by atoms with Crippen LogP contribution >= 0.6 is 0 Å². The molecule has 0 spiro atoms. The SMILES string of the molecule is COCn1cc(C(C)(C)C)cn1. The molecule has 0 saturated carbocycles. The molecule has 0 aliphatic carbocycles. The smallest absolute Gasteiger partial charge is 0.138 e. The van der Waals surface area contributed by atoms with Gasteiger partial charge in [0.1, 0.15) is 6.73 Å². The number of rotatable bonds is 2. The number of aromatic nitrogens is 2. The lowest BCUT2D eigenvalue weighted by Crippen LogP contribution is -2.09. The molecule has 12 heavy (non-hydrogen) atoms. The summed E-state index contributed by atoms with van der Waals surface area (Å²) in [6.45, 7) is 7.03. The van der Waals surface area contributed by atoms with Crippen LogP contribution in [-0.2, 0) is 16.9 Å². The van der Waals surface area contributed by atoms with Crippen LogP contribution in [0.4, 0.5) is 0 Å². The van der Waals surface area contributed by atoms with E-state index >= 15 is 0 Å². The zero-order chi connectivity index (χ0) is 9.19. The molecule has 0 aliphatic heterocycles. The molecule has 0 radical (unpaired) electrons. The van der Waals surface area contributed by atoms with Crippen molar-refractivity contribution >= 4 is 0 Å². The summed E-state index contributed by atoms with van der Waals surface area (Å²) in [7, 11) is 1.67. The van der Waals surface area contributed by atoms with Gasteiger partial charge in [0, 0.05) is 13.3 Å². The van der Waals surface area contributed by atoms with Crippen LogP contribution in [0.1, 0.15) is 26.3 Å². The normalized spacial score (nSPS) is 12.0. The molecule has 0 aromatic carbocycles. The average Bonchev–Trinajstić information content (AvgIpc) is 2.35. The van der Waals surface area contributed by atoms with Crippen LogP contribution in [0.5, 0.6) is 0 Å². The first kappa shape index (κ1) is 9.26. The van der Waals surface area contributed by atoms with E-state index in [1.54, 1.807) is 11.8 Å². The molecule has 3 nitrogen and oxygen atoms in total. The van der Waals surface area contributed by atoms with Crippen molar-refractivity contribution in [2.24, 2.45) is 0 Å². The van der Waals surface area contributed by atoms with Gasteiger partial charge in [-0.3, -0.25) is 0 Å². The Morgan fingerprint density at radius 2 is 2.17 bits per heavy atom. The van der Waals surface area contributed by atoms with E-state index in [0.717, 1.165) is 0 Å². The van der Waals surface area contributed by atoms with Crippen molar-refractivity contribution in [3.63, 3.8) is 0 Å². The molecule has 0 amide bonds. The number of nitrogens with zero attached hydrogens (tertiary/aromatic N) is 2. The highest BCUT2D eigenvalue weighted by atomic mass is 16.5. The first-order valence-corrected chi connectivity index (χ1v) is 4.06. The van der Waals surface area contributed by atoms with E-state index in [-0.39, 0.29) is 5.41 Å². The molecule has 68 valence electrons.